The van der Waals surface area contributed by atoms with Crippen LogP contribution in [0.15, 0.2) is 0 Å². The summed E-state index contributed by atoms with van der Waals surface area (Å²) in [6.07, 6.45) is 0.685. The predicted molar refractivity (Wildman–Crippen MR) is 61.4 cm³/mol. The fourth-order valence-corrected chi connectivity index (χ4v) is 1.48. The van der Waals surface area contributed by atoms with Crippen molar-refractivity contribution in [2.75, 3.05) is 20.1 Å². The number of carbonyl (C=O) groups is 1. The van der Waals surface area contributed by atoms with Crippen LogP contribution in [0.4, 0.5) is 0 Å². The van der Waals surface area contributed by atoms with Crippen LogP contribution in [-0.2, 0) is 4.79 Å². The Hall–Kier alpha value is -0.370. The maximum absolute atomic E-state index is 11.4. The summed E-state index contributed by atoms with van der Waals surface area (Å²) in [6, 6.07) is 0. The standard InChI is InChI=1S/C12H25NO/c1-10(2)11(14)7-8-13(6)9-12(3,4)5/h10H,7-9H2,1-6H3. The Kier molecular flexibility index (Phi) is 5.35. The molecule has 0 aromatic heterocycles. The Morgan fingerprint density at radius 2 is 1.79 bits per heavy atom. The molecule has 0 atom stereocenters. The average molecular weight is 199 g/mol. The minimum atomic E-state index is 0.179. The first-order chi connectivity index (χ1) is 6.22. The second kappa shape index (κ2) is 5.50. The average Bonchev–Trinajstić information content (AvgIpc) is 1.96. The summed E-state index contributed by atoms with van der Waals surface area (Å²) >= 11 is 0. The van der Waals surface area contributed by atoms with E-state index in [0.717, 1.165) is 13.1 Å². The lowest BCUT2D eigenvalue weighted by atomic mass is 9.96. The maximum Gasteiger partial charge on any atom is 0.136 e. The number of nitrogens with zero attached hydrogens (tertiary/aromatic N) is 1. The zero-order valence-electron chi connectivity index (χ0n) is 10.6. The van der Waals surface area contributed by atoms with Crippen molar-refractivity contribution in [2.45, 2.75) is 41.0 Å². The molecule has 0 aromatic carbocycles. The van der Waals surface area contributed by atoms with Crippen LogP contribution in [0, 0.1) is 11.3 Å². The van der Waals surface area contributed by atoms with E-state index in [0.29, 0.717) is 17.6 Å². The Morgan fingerprint density at radius 1 is 1.29 bits per heavy atom. The fourth-order valence-electron chi connectivity index (χ4n) is 1.48. The van der Waals surface area contributed by atoms with Crippen LogP contribution < -0.4 is 0 Å². The number of hydrogen-bond acceptors (Lipinski definition) is 2. The van der Waals surface area contributed by atoms with Crippen molar-refractivity contribution < 1.29 is 4.79 Å². The number of rotatable bonds is 5. The highest BCUT2D eigenvalue weighted by molar-refractivity contribution is 5.80. The van der Waals surface area contributed by atoms with Crippen molar-refractivity contribution in [3.63, 3.8) is 0 Å². The first kappa shape index (κ1) is 13.6. The van der Waals surface area contributed by atoms with E-state index in [4.69, 9.17) is 0 Å². The summed E-state index contributed by atoms with van der Waals surface area (Å²) in [4.78, 5) is 13.6. The number of Topliss-reactive ketones (excluding diaryl/α,β-unsaturated/α-hetero) is 1. The monoisotopic (exact) mass is 199 g/mol. The molecule has 0 saturated carbocycles. The predicted octanol–water partition coefficient (Wildman–Crippen LogP) is 2.58. The third kappa shape index (κ3) is 7.07. The highest BCUT2D eigenvalue weighted by Crippen LogP contribution is 2.14. The summed E-state index contributed by atoms with van der Waals surface area (Å²) in [5.74, 6) is 0.545. The first-order valence-electron chi connectivity index (χ1n) is 5.43. The normalized spacial score (nSPS) is 12.6. The Labute approximate surface area is 88.7 Å². The van der Waals surface area contributed by atoms with Gasteiger partial charge in [-0.3, -0.25) is 4.79 Å². The van der Waals surface area contributed by atoms with E-state index in [1.54, 1.807) is 0 Å². The molecule has 0 spiro atoms. The van der Waals surface area contributed by atoms with Crippen LogP contribution in [0.1, 0.15) is 41.0 Å². The van der Waals surface area contributed by atoms with Gasteiger partial charge in [-0.25, -0.2) is 0 Å². The van der Waals surface area contributed by atoms with Gasteiger partial charge in [0.05, 0.1) is 0 Å². The third-order valence-corrected chi connectivity index (χ3v) is 2.13. The third-order valence-electron chi connectivity index (χ3n) is 2.13. The summed E-state index contributed by atoms with van der Waals surface area (Å²) in [6.45, 7) is 12.5. The molecule has 0 unspecified atom stereocenters. The Bertz CT molecular complexity index is 179. The van der Waals surface area contributed by atoms with Gasteiger partial charge in [0.1, 0.15) is 5.78 Å². The Morgan fingerprint density at radius 3 is 2.14 bits per heavy atom. The fraction of sp³-hybridized carbons (Fsp3) is 0.917. The van der Waals surface area contributed by atoms with Crippen LogP contribution >= 0.6 is 0 Å². The Balaban J connectivity index is 3.75. The molecule has 0 saturated heterocycles. The van der Waals surface area contributed by atoms with E-state index in [-0.39, 0.29) is 5.92 Å². The smallest absolute Gasteiger partial charge is 0.136 e. The van der Waals surface area contributed by atoms with Gasteiger partial charge in [0, 0.05) is 25.4 Å². The summed E-state index contributed by atoms with van der Waals surface area (Å²) in [5.41, 5.74) is 0.315. The SMILES string of the molecule is CC(C)C(=O)CCN(C)CC(C)(C)C. The molecule has 0 amide bonds. The van der Waals surface area contributed by atoms with Gasteiger partial charge in [0.15, 0.2) is 0 Å². The highest BCUT2D eigenvalue weighted by atomic mass is 16.1. The van der Waals surface area contributed by atoms with Crippen LogP contribution in [0.3, 0.4) is 0 Å². The van der Waals surface area contributed by atoms with Crippen molar-refractivity contribution in [1.82, 2.24) is 4.90 Å². The quantitative estimate of drug-likeness (QED) is 0.678. The molecular formula is C12H25NO. The topological polar surface area (TPSA) is 20.3 Å². The molecule has 84 valence electrons. The molecule has 0 bridgehead atoms. The lowest BCUT2D eigenvalue weighted by molar-refractivity contribution is -0.122. The van der Waals surface area contributed by atoms with Gasteiger partial charge in [-0.05, 0) is 12.5 Å². The number of ketones is 1. The van der Waals surface area contributed by atoms with Gasteiger partial charge in [-0.2, -0.15) is 0 Å². The minimum Gasteiger partial charge on any atom is -0.305 e. The zero-order valence-corrected chi connectivity index (χ0v) is 10.6. The van der Waals surface area contributed by atoms with Gasteiger partial charge in [0.2, 0.25) is 0 Å². The van der Waals surface area contributed by atoms with Gasteiger partial charge in [0.25, 0.3) is 0 Å². The molecule has 0 fully saturated rings. The van der Waals surface area contributed by atoms with Crippen LogP contribution in [-0.4, -0.2) is 30.8 Å². The van der Waals surface area contributed by atoms with Crippen LogP contribution in [0.2, 0.25) is 0 Å². The number of carbonyl (C=O) groups excluding carboxylic acids is 1. The lowest BCUT2D eigenvalue weighted by Gasteiger charge is -2.26. The molecule has 0 aliphatic carbocycles. The van der Waals surface area contributed by atoms with E-state index in [2.05, 4.69) is 32.7 Å². The minimum absolute atomic E-state index is 0.179. The van der Waals surface area contributed by atoms with Crippen molar-refractivity contribution in [3.8, 4) is 0 Å². The van der Waals surface area contributed by atoms with Crippen LogP contribution in [0.5, 0.6) is 0 Å². The summed E-state index contributed by atoms with van der Waals surface area (Å²) < 4.78 is 0. The molecule has 0 rings (SSSR count). The van der Waals surface area contributed by atoms with Gasteiger partial charge in [-0.15, -0.1) is 0 Å². The molecule has 2 nitrogen and oxygen atoms in total. The van der Waals surface area contributed by atoms with E-state index < -0.39 is 0 Å². The first-order valence-corrected chi connectivity index (χ1v) is 5.43. The van der Waals surface area contributed by atoms with Crippen LogP contribution in [0.25, 0.3) is 0 Å². The molecule has 0 aliphatic heterocycles. The summed E-state index contributed by atoms with van der Waals surface area (Å²) in [7, 11) is 2.08. The van der Waals surface area contributed by atoms with Gasteiger partial charge < -0.3 is 4.90 Å². The molecule has 0 aliphatic rings. The zero-order chi connectivity index (χ0) is 11.4. The van der Waals surface area contributed by atoms with Gasteiger partial charge in [-0.1, -0.05) is 34.6 Å². The second-order valence-corrected chi connectivity index (χ2v) is 5.67. The van der Waals surface area contributed by atoms with Crippen molar-refractivity contribution in [2.24, 2.45) is 11.3 Å². The number of hydrogen-bond donors (Lipinski definition) is 0. The second-order valence-electron chi connectivity index (χ2n) is 5.67. The molecule has 14 heavy (non-hydrogen) atoms. The molecule has 2 heteroatoms. The van der Waals surface area contributed by atoms with E-state index in [1.165, 1.54) is 0 Å². The molecule has 0 heterocycles. The van der Waals surface area contributed by atoms with Crippen molar-refractivity contribution in [3.05, 3.63) is 0 Å². The summed E-state index contributed by atoms with van der Waals surface area (Å²) in [5, 5.41) is 0. The van der Waals surface area contributed by atoms with E-state index in [9.17, 15) is 4.79 Å². The highest BCUT2D eigenvalue weighted by Gasteiger charge is 2.14. The molecule has 0 radical (unpaired) electrons. The van der Waals surface area contributed by atoms with Crippen molar-refractivity contribution >= 4 is 5.78 Å². The maximum atomic E-state index is 11.4. The van der Waals surface area contributed by atoms with E-state index >= 15 is 0 Å². The van der Waals surface area contributed by atoms with Crippen molar-refractivity contribution in [1.29, 1.82) is 0 Å². The van der Waals surface area contributed by atoms with E-state index in [1.807, 2.05) is 13.8 Å². The molecule has 0 aromatic rings. The molecule has 0 N–H and O–H groups in total. The molecular weight excluding hydrogens is 174 g/mol. The lowest BCUT2D eigenvalue weighted by Crippen LogP contribution is -2.31. The van der Waals surface area contributed by atoms with Gasteiger partial charge >= 0.3 is 0 Å². The largest absolute Gasteiger partial charge is 0.305 e.